The van der Waals surface area contributed by atoms with Crippen molar-refractivity contribution in [3.05, 3.63) is 0 Å². The second-order valence-electron chi connectivity index (χ2n) is 5.58. The van der Waals surface area contributed by atoms with Gasteiger partial charge in [0.05, 0.1) is 19.3 Å². The Morgan fingerprint density at radius 3 is 2.94 bits per heavy atom. The maximum absolute atomic E-state index is 11.7. The largest absolute Gasteiger partial charge is 0.374 e. The van der Waals surface area contributed by atoms with E-state index in [2.05, 4.69) is 29.5 Å². The standard InChI is InChI=1S/C13H25N3O2/c1-10(11-3-4-11)15-13(17)8-14-7-12-9-16(2)5-6-18-12/h10-12,14H,3-9H2,1-2H3,(H,15,17)/t10-,12+/m0/s1. The van der Waals surface area contributed by atoms with Gasteiger partial charge in [0.25, 0.3) is 0 Å². The minimum atomic E-state index is 0.0959. The van der Waals surface area contributed by atoms with Crippen LogP contribution in [0.5, 0.6) is 0 Å². The third-order valence-electron chi connectivity index (χ3n) is 3.72. The van der Waals surface area contributed by atoms with E-state index in [1.165, 1.54) is 12.8 Å². The van der Waals surface area contributed by atoms with Gasteiger partial charge in [-0.3, -0.25) is 4.79 Å². The van der Waals surface area contributed by atoms with Gasteiger partial charge >= 0.3 is 0 Å². The summed E-state index contributed by atoms with van der Waals surface area (Å²) < 4.78 is 5.62. The quantitative estimate of drug-likeness (QED) is 0.691. The lowest BCUT2D eigenvalue weighted by molar-refractivity contribution is -0.121. The Bertz CT molecular complexity index is 281. The number of rotatable bonds is 6. The van der Waals surface area contributed by atoms with Gasteiger partial charge in [-0.1, -0.05) is 0 Å². The van der Waals surface area contributed by atoms with Crippen LogP contribution in [0, 0.1) is 5.92 Å². The molecule has 0 bridgehead atoms. The van der Waals surface area contributed by atoms with Crippen molar-refractivity contribution in [1.82, 2.24) is 15.5 Å². The summed E-state index contributed by atoms with van der Waals surface area (Å²) in [5.74, 6) is 0.808. The number of hydrogen-bond donors (Lipinski definition) is 2. The van der Waals surface area contributed by atoms with E-state index >= 15 is 0 Å². The zero-order chi connectivity index (χ0) is 13.0. The van der Waals surface area contributed by atoms with Gasteiger partial charge in [-0.15, -0.1) is 0 Å². The van der Waals surface area contributed by atoms with Gasteiger partial charge in [-0.05, 0) is 32.7 Å². The van der Waals surface area contributed by atoms with Gasteiger partial charge in [0, 0.05) is 25.7 Å². The van der Waals surface area contributed by atoms with Crippen molar-refractivity contribution >= 4 is 5.91 Å². The highest BCUT2D eigenvalue weighted by Gasteiger charge is 2.28. The first-order valence-corrected chi connectivity index (χ1v) is 6.95. The van der Waals surface area contributed by atoms with Crippen molar-refractivity contribution < 1.29 is 9.53 Å². The Hall–Kier alpha value is -0.650. The third-order valence-corrected chi connectivity index (χ3v) is 3.72. The first kappa shape index (κ1) is 13.8. The van der Waals surface area contributed by atoms with Crippen LogP contribution in [-0.4, -0.2) is 62.8 Å². The summed E-state index contributed by atoms with van der Waals surface area (Å²) >= 11 is 0. The van der Waals surface area contributed by atoms with Crippen LogP contribution in [0.1, 0.15) is 19.8 Å². The van der Waals surface area contributed by atoms with Crippen molar-refractivity contribution in [2.24, 2.45) is 5.92 Å². The summed E-state index contributed by atoms with van der Waals surface area (Å²) in [6.45, 7) is 5.95. The highest BCUT2D eigenvalue weighted by molar-refractivity contribution is 5.78. The SMILES string of the molecule is C[C@H](NC(=O)CNC[C@@H]1CN(C)CCO1)C1CC1. The summed E-state index contributed by atoms with van der Waals surface area (Å²) in [6, 6.07) is 0.330. The maximum Gasteiger partial charge on any atom is 0.234 e. The molecule has 5 heteroatoms. The second-order valence-corrected chi connectivity index (χ2v) is 5.58. The van der Waals surface area contributed by atoms with Crippen LogP contribution >= 0.6 is 0 Å². The minimum Gasteiger partial charge on any atom is -0.374 e. The van der Waals surface area contributed by atoms with Crippen LogP contribution in [0.25, 0.3) is 0 Å². The molecule has 0 spiro atoms. The summed E-state index contributed by atoms with van der Waals surface area (Å²) in [5, 5.41) is 6.21. The predicted molar refractivity (Wildman–Crippen MR) is 70.4 cm³/mol. The van der Waals surface area contributed by atoms with Crippen LogP contribution in [0.3, 0.4) is 0 Å². The number of amides is 1. The number of likely N-dealkylation sites (N-methyl/N-ethyl adjacent to an activating group) is 1. The van der Waals surface area contributed by atoms with Gasteiger partial charge in [-0.25, -0.2) is 0 Å². The number of ether oxygens (including phenoxy) is 1. The Morgan fingerprint density at radius 1 is 1.50 bits per heavy atom. The molecule has 1 saturated heterocycles. The summed E-state index contributed by atoms with van der Waals surface area (Å²) in [7, 11) is 2.10. The fourth-order valence-electron chi connectivity index (χ4n) is 2.36. The summed E-state index contributed by atoms with van der Waals surface area (Å²) in [4.78, 5) is 13.9. The summed E-state index contributed by atoms with van der Waals surface area (Å²) in [5.41, 5.74) is 0. The van der Waals surface area contributed by atoms with Crippen molar-refractivity contribution in [3.63, 3.8) is 0 Å². The first-order chi connectivity index (χ1) is 8.65. The average molecular weight is 255 g/mol. The normalized spacial score (nSPS) is 26.9. The fourth-order valence-corrected chi connectivity index (χ4v) is 2.36. The number of nitrogens with one attached hydrogen (secondary N) is 2. The van der Waals surface area contributed by atoms with E-state index in [1.54, 1.807) is 0 Å². The van der Waals surface area contributed by atoms with Gasteiger partial charge in [0.1, 0.15) is 0 Å². The van der Waals surface area contributed by atoms with E-state index in [0.29, 0.717) is 18.5 Å². The lowest BCUT2D eigenvalue weighted by Gasteiger charge is -2.30. The minimum absolute atomic E-state index is 0.0959. The molecule has 2 N–H and O–H groups in total. The van der Waals surface area contributed by atoms with Crippen molar-refractivity contribution in [3.8, 4) is 0 Å². The summed E-state index contributed by atoms with van der Waals surface area (Å²) in [6.07, 6.45) is 2.73. The molecule has 0 unspecified atom stereocenters. The number of carbonyl (C=O) groups excluding carboxylic acids is 1. The fraction of sp³-hybridized carbons (Fsp3) is 0.923. The highest BCUT2D eigenvalue weighted by Crippen LogP contribution is 2.32. The molecular formula is C13H25N3O2. The van der Waals surface area contributed by atoms with E-state index in [0.717, 1.165) is 26.2 Å². The van der Waals surface area contributed by atoms with Crippen LogP contribution in [0.2, 0.25) is 0 Å². The molecule has 1 saturated carbocycles. The van der Waals surface area contributed by atoms with E-state index in [1.807, 2.05) is 0 Å². The molecule has 2 fully saturated rings. The molecule has 1 heterocycles. The molecular weight excluding hydrogens is 230 g/mol. The van der Waals surface area contributed by atoms with Crippen LogP contribution < -0.4 is 10.6 Å². The lowest BCUT2D eigenvalue weighted by Crippen LogP contribution is -2.47. The van der Waals surface area contributed by atoms with Gasteiger partial charge in [0.15, 0.2) is 0 Å². The van der Waals surface area contributed by atoms with E-state index < -0.39 is 0 Å². The molecule has 2 aliphatic rings. The molecule has 0 aromatic rings. The third kappa shape index (κ3) is 4.55. The predicted octanol–water partition coefficient (Wildman–Crippen LogP) is -0.179. The number of morpholine rings is 1. The Morgan fingerprint density at radius 2 is 2.28 bits per heavy atom. The zero-order valence-electron chi connectivity index (χ0n) is 11.4. The number of hydrogen-bond acceptors (Lipinski definition) is 4. The average Bonchev–Trinajstić information content (AvgIpc) is 3.12. The van der Waals surface area contributed by atoms with Gasteiger partial charge in [0.2, 0.25) is 5.91 Å². The molecule has 1 aliphatic carbocycles. The van der Waals surface area contributed by atoms with Crippen LogP contribution in [0.4, 0.5) is 0 Å². The van der Waals surface area contributed by atoms with Crippen molar-refractivity contribution in [2.75, 3.05) is 39.8 Å². The van der Waals surface area contributed by atoms with Crippen molar-refractivity contribution in [1.29, 1.82) is 0 Å². The molecule has 1 aliphatic heterocycles. The second kappa shape index (κ2) is 6.50. The van der Waals surface area contributed by atoms with Crippen molar-refractivity contribution in [2.45, 2.75) is 31.9 Å². The molecule has 18 heavy (non-hydrogen) atoms. The molecule has 5 nitrogen and oxygen atoms in total. The van der Waals surface area contributed by atoms with E-state index in [-0.39, 0.29) is 12.0 Å². The van der Waals surface area contributed by atoms with Crippen LogP contribution in [-0.2, 0) is 9.53 Å². The number of carbonyl (C=O) groups is 1. The van der Waals surface area contributed by atoms with Gasteiger partial charge in [-0.2, -0.15) is 0 Å². The number of nitrogens with zero attached hydrogens (tertiary/aromatic N) is 1. The Labute approximate surface area is 109 Å². The molecule has 104 valence electrons. The molecule has 2 atom stereocenters. The lowest BCUT2D eigenvalue weighted by atomic mass is 10.2. The topological polar surface area (TPSA) is 53.6 Å². The Balaban J connectivity index is 1.55. The Kier molecular flexibility index (Phi) is 4.97. The molecule has 0 aromatic heterocycles. The molecule has 0 radical (unpaired) electrons. The highest BCUT2D eigenvalue weighted by atomic mass is 16.5. The van der Waals surface area contributed by atoms with Crippen LogP contribution in [0.15, 0.2) is 0 Å². The molecule has 0 aromatic carbocycles. The van der Waals surface area contributed by atoms with Gasteiger partial charge < -0.3 is 20.3 Å². The smallest absolute Gasteiger partial charge is 0.234 e. The molecule has 1 amide bonds. The molecule has 2 rings (SSSR count). The first-order valence-electron chi connectivity index (χ1n) is 6.95. The zero-order valence-corrected chi connectivity index (χ0v) is 11.4. The van der Waals surface area contributed by atoms with E-state index in [4.69, 9.17) is 4.74 Å². The maximum atomic E-state index is 11.7. The van der Waals surface area contributed by atoms with E-state index in [9.17, 15) is 4.79 Å². The monoisotopic (exact) mass is 255 g/mol.